The van der Waals surface area contributed by atoms with E-state index in [9.17, 15) is 5.11 Å². The number of nitrogens with zero attached hydrogens (tertiary/aromatic N) is 2. The van der Waals surface area contributed by atoms with E-state index in [1.807, 2.05) is 49.4 Å². The van der Waals surface area contributed by atoms with Gasteiger partial charge in [-0.25, -0.2) is 4.98 Å². The van der Waals surface area contributed by atoms with Crippen molar-refractivity contribution in [1.82, 2.24) is 4.98 Å². The van der Waals surface area contributed by atoms with Crippen LogP contribution in [0.25, 0.3) is 0 Å². The van der Waals surface area contributed by atoms with Gasteiger partial charge in [0.25, 0.3) is 0 Å². The van der Waals surface area contributed by atoms with Gasteiger partial charge in [-0.2, -0.15) is 0 Å². The van der Waals surface area contributed by atoms with Crippen LogP contribution in [0.4, 0.5) is 5.82 Å². The van der Waals surface area contributed by atoms with Gasteiger partial charge >= 0.3 is 0 Å². The Balaban J connectivity index is 2.25. The van der Waals surface area contributed by atoms with Crippen LogP contribution in [0.1, 0.15) is 49.6 Å². The molecule has 1 heterocycles. The number of anilines is 1. The first-order valence-electron chi connectivity index (χ1n) is 8.12. The molecule has 22 heavy (non-hydrogen) atoms. The molecule has 0 amide bonds. The van der Waals surface area contributed by atoms with Gasteiger partial charge in [0.05, 0.1) is 0 Å². The van der Waals surface area contributed by atoms with Gasteiger partial charge in [-0.15, -0.1) is 0 Å². The summed E-state index contributed by atoms with van der Waals surface area (Å²) in [7, 11) is 0. The van der Waals surface area contributed by atoms with E-state index in [1.54, 1.807) is 0 Å². The second-order valence-corrected chi connectivity index (χ2v) is 5.64. The van der Waals surface area contributed by atoms with E-state index in [-0.39, 0.29) is 0 Å². The first kappa shape index (κ1) is 16.5. The number of aliphatic hydroxyl groups is 1. The lowest BCUT2D eigenvalue weighted by Crippen LogP contribution is -2.26. The highest BCUT2D eigenvalue weighted by Gasteiger charge is 2.15. The zero-order valence-corrected chi connectivity index (χ0v) is 13.8. The van der Waals surface area contributed by atoms with E-state index in [1.165, 1.54) is 0 Å². The van der Waals surface area contributed by atoms with Crippen LogP contribution in [-0.4, -0.2) is 23.2 Å². The minimum Gasteiger partial charge on any atom is -0.384 e. The summed E-state index contributed by atoms with van der Waals surface area (Å²) in [6.45, 7) is 8.37. The average molecular weight is 298 g/mol. The maximum Gasteiger partial charge on any atom is 0.128 e. The lowest BCUT2D eigenvalue weighted by Gasteiger charge is -2.24. The maximum absolute atomic E-state index is 10.6. The third kappa shape index (κ3) is 3.86. The van der Waals surface area contributed by atoms with Crippen LogP contribution < -0.4 is 4.90 Å². The molecule has 0 fully saturated rings. The minimum absolute atomic E-state index is 0.617. The Labute approximate surface area is 133 Å². The van der Waals surface area contributed by atoms with Crippen molar-refractivity contribution in [3.8, 4) is 0 Å². The summed E-state index contributed by atoms with van der Waals surface area (Å²) in [5.74, 6) is 1.00. The van der Waals surface area contributed by atoms with Crippen molar-refractivity contribution in [3.63, 3.8) is 0 Å². The summed E-state index contributed by atoms with van der Waals surface area (Å²) < 4.78 is 0. The molecule has 1 atom stereocenters. The molecule has 1 unspecified atom stereocenters. The molecule has 1 aromatic heterocycles. The van der Waals surface area contributed by atoms with Crippen LogP contribution in [0.3, 0.4) is 0 Å². The van der Waals surface area contributed by atoms with E-state index in [0.29, 0.717) is 0 Å². The average Bonchev–Trinajstić information content (AvgIpc) is 2.55. The van der Waals surface area contributed by atoms with Gasteiger partial charge in [0.2, 0.25) is 0 Å². The van der Waals surface area contributed by atoms with Gasteiger partial charge in [0.15, 0.2) is 0 Å². The summed E-state index contributed by atoms with van der Waals surface area (Å²) in [4.78, 5) is 7.03. The molecule has 0 saturated carbocycles. The number of rotatable bonds is 7. The third-order valence-electron chi connectivity index (χ3n) is 3.83. The molecular weight excluding hydrogens is 272 g/mol. The minimum atomic E-state index is -0.617. The Hall–Kier alpha value is -1.87. The predicted molar refractivity (Wildman–Crippen MR) is 92.3 cm³/mol. The van der Waals surface area contributed by atoms with Crippen molar-refractivity contribution in [2.45, 2.75) is 39.7 Å². The summed E-state index contributed by atoms with van der Waals surface area (Å²) in [5, 5.41) is 10.6. The third-order valence-corrected chi connectivity index (χ3v) is 3.83. The van der Waals surface area contributed by atoms with Gasteiger partial charge < -0.3 is 10.0 Å². The van der Waals surface area contributed by atoms with Crippen molar-refractivity contribution in [2.75, 3.05) is 18.0 Å². The lowest BCUT2D eigenvalue weighted by atomic mass is 10.0. The predicted octanol–water partition coefficient (Wildman–Crippen LogP) is 4.10. The van der Waals surface area contributed by atoms with Crippen LogP contribution >= 0.6 is 0 Å². The highest BCUT2D eigenvalue weighted by Crippen LogP contribution is 2.25. The van der Waals surface area contributed by atoms with Crippen LogP contribution in [0.15, 0.2) is 42.5 Å². The van der Waals surface area contributed by atoms with Gasteiger partial charge in [0, 0.05) is 24.3 Å². The SMILES string of the molecule is CCCN(CCC)c1ccc(C(O)c2ccccc2)c(C)n1. The second-order valence-electron chi connectivity index (χ2n) is 5.64. The van der Waals surface area contributed by atoms with Crippen LogP contribution in [-0.2, 0) is 0 Å². The van der Waals surface area contributed by atoms with Gasteiger partial charge in [-0.1, -0.05) is 50.2 Å². The molecule has 0 aliphatic rings. The van der Waals surface area contributed by atoms with Gasteiger partial charge in [0.1, 0.15) is 11.9 Å². The zero-order chi connectivity index (χ0) is 15.9. The Bertz CT molecular complexity index is 577. The molecule has 0 spiro atoms. The maximum atomic E-state index is 10.6. The Kier molecular flexibility index (Phi) is 5.96. The highest BCUT2D eigenvalue weighted by molar-refractivity contribution is 5.43. The van der Waals surface area contributed by atoms with Crippen molar-refractivity contribution >= 4 is 5.82 Å². The molecular formula is C19H26N2O. The normalized spacial score (nSPS) is 12.2. The molecule has 3 heteroatoms. The van der Waals surface area contributed by atoms with E-state index in [0.717, 1.165) is 48.6 Å². The van der Waals surface area contributed by atoms with Crippen molar-refractivity contribution in [3.05, 3.63) is 59.3 Å². The van der Waals surface area contributed by atoms with E-state index >= 15 is 0 Å². The monoisotopic (exact) mass is 298 g/mol. The van der Waals surface area contributed by atoms with E-state index < -0.39 is 6.10 Å². The summed E-state index contributed by atoms with van der Waals surface area (Å²) in [6.07, 6.45) is 1.60. The summed E-state index contributed by atoms with van der Waals surface area (Å²) in [6, 6.07) is 13.8. The summed E-state index contributed by atoms with van der Waals surface area (Å²) in [5.41, 5.74) is 2.67. The van der Waals surface area contributed by atoms with E-state index in [4.69, 9.17) is 4.98 Å². The number of aliphatic hydroxyl groups excluding tert-OH is 1. The molecule has 0 radical (unpaired) electrons. The molecule has 1 aromatic carbocycles. The quantitative estimate of drug-likeness (QED) is 0.836. The fraction of sp³-hybridized carbons (Fsp3) is 0.421. The molecule has 118 valence electrons. The fourth-order valence-corrected chi connectivity index (χ4v) is 2.72. The number of aryl methyl sites for hydroxylation is 1. The topological polar surface area (TPSA) is 36.4 Å². The Morgan fingerprint density at radius 2 is 1.64 bits per heavy atom. The molecule has 2 rings (SSSR count). The largest absolute Gasteiger partial charge is 0.384 e. The second kappa shape index (κ2) is 7.95. The first-order chi connectivity index (χ1) is 10.7. The lowest BCUT2D eigenvalue weighted by molar-refractivity contribution is 0.219. The molecule has 0 aliphatic carbocycles. The van der Waals surface area contributed by atoms with Crippen molar-refractivity contribution in [1.29, 1.82) is 0 Å². The Morgan fingerprint density at radius 1 is 1.00 bits per heavy atom. The Morgan fingerprint density at radius 3 is 2.18 bits per heavy atom. The van der Waals surface area contributed by atoms with Crippen LogP contribution in [0.5, 0.6) is 0 Å². The zero-order valence-electron chi connectivity index (χ0n) is 13.8. The number of hydrogen-bond donors (Lipinski definition) is 1. The smallest absolute Gasteiger partial charge is 0.128 e. The number of aromatic nitrogens is 1. The van der Waals surface area contributed by atoms with Crippen molar-refractivity contribution in [2.24, 2.45) is 0 Å². The highest BCUT2D eigenvalue weighted by atomic mass is 16.3. The molecule has 2 aromatic rings. The number of hydrogen-bond acceptors (Lipinski definition) is 3. The van der Waals surface area contributed by atoms with Crippen LogP contribution in [0.2, 0.25) is 0 Å². The molecule has 3 nitrogen and oxygen atoms in total. The standard InChI is InChI=1S/C19H26N2O/c1-4-13-21(14-5-2)18-12-11-17(15(3)20-18)19(22)16-9-7-6-8-10-16/h6-12,19,22H,4-5,13-14H2,1-3H3. The fourth-order valence-electron chi connectivity index (χ4n) is 2.72. The van der Waals surface area contributed by atoms with Crippen molar-refractivity contribution < 1.29 is 5.11 Å². The first-order valence-corrected chi connectivity index (χ1v) is 8.12. The molecule has 0 aliphatic heterocycles. The van der Waals surface area contributed by atoms with Gasteiger partial charge in [-0.05, 0) is 31.4 Å². The molecule has 1 N–H and O–H groups in total. The molecule has 0 saturated heterocycles. The summed E-state index contributed by atoms with van der Waals surface area (Å²) >= 11 is 0. The molecule has 0 bridgehead atoms. The van der Waals surface area contributed by atoms with Crippen LogP contribution in [0, 0.1) is 6.92 Å². The number of pyridine rings is 1. The van der Waals surface area contributed by atoms with Gasteiger partial charge in [-0.3, -0.25) is 0 Å². The number of benzene rings is 1. The van der Waals surface area contributed by atoms with E-state index in [2.05, 4.69) is 18.7 Å².